The van der Waals surface area contributed by atoms with Crippen molar-refractivity contribution in [2.45, 2.75) is 185 Å². The van der Waals surface area contributed by atoms with Crippen LogP contribution in [0.15, 0.2) is 145 Å². The van der Waals surface area contributed by atoms with E-state index in [2.05, 4.69) is 11.7 Å². The maximum absolute atomic E-state index is 15.4. The predicted molar refractivity (Wildman–Crippen MR) is 333 cm³/mol. The van der Waals surface area contributed by atoms with Gasteiger partial charge in [0.25, 0.3) is 0 Å². The topological polar surface area (TPSA) is 230 Å². The minimum atomic E-state index is -2.14. The van der Waals surface area contributed by atoms with Crippen LogP contribution in [-0.4, -0.2) is 155 Å². The summed E-state index contributed by atoms with van der Waals surface area (Å²) in [6.07, 6.45) is -8.55. The van der Waals surface area contributed by atoms with Crippen LogP contribution in [0.1, 0.15) is 138 Å². The number of likely N-dealkylation sites (N-methyl/N-ethyl adjacent to an activating group) is 1. The van der Waals surface area contributed by atoms with Crippen molar-refractivity contribution in [3.05, 3.63) is 162 Å². The minimum absolute atomic E-state index is 0.0153. The van der Waals surface area contributed by atoms with E-state index in [1.54, 1.807) is 138 Å². The van der Waals surface area contributed by atoms with Gasteiger partial charge >= 0.3 is 23.9 Å². The maximum Gasteiger partial charge on any atom is 0.365 e. The van der Waals surface area contributed by atoms with E-state index >= 15 is 4.79 Å². The lowest BCUT2D eigenvalue weighted by molar-refractivity contribution is -0.321. The third kappa shape index (κ3) is 15.7. The molecule has 19 nitrogen and oxygen atoms in total. The Balaban J connectivity index is 1.33. The number of esters is 3. The third-order valence-electron chi connectivity index (χ3n) is 18.1. The van der Waals surface area contributed by atoms with Crippen molar-refractivity contribution in [1.82, 2.24) is 9.88 Å². The fourth-order valence-corrected chi connectivity index (χ4v) is 13.0. The number of carbonyl (C=O) groups is 4. The van der Waals surface area contributed by atoms with Crippen molar-refractivity contribution in [2.75, 3.05) is 21.2 Å². The van der Waals surface area contributed by atoms with Crippen LogP contribution in [0.4, 0.5) is 0 Å². The number of aliphatic hydroxyl groups is 2. The summed E-state index contributed by atoms with van der Waals surface area (Å²) in [6, 6.07) is 34.7. The Morgan fingerprint density at radius 2 is 1.35 bits per heavy atom. The summed E-state index contributed by atoms with van der Waals surface area (Å²) in [5.41, 5.74) is -2.67. The average molecular weight is 1230 g/mol. The standard InChI is InChI=1S/C70H89N3O16/c1-15-54(51-37-50-34-26-27-35-52(50)71-40-51)88-69(10)38-41(3)57(72-89-66(78)49-32-24-19-25-33-49)43(5)60(74)70(11,79)55(16-2)83-63(75)45(7)58(84-56-39-68(9,80-14)62(46(8)82-56)86-65(77)48-30-22-18-23-31-48)44(6)61(69)87-67-59(53(73(12)13)36-42(4)81-67)85-64(76)47-28-20-17-21-29-47/h15,17-35,37,40-46,53-56,58-62,67,74,79H,1,16,36,38-39H2,2-14H3/b72-57-/t41-,42-,43+,44+,45-,46+,53+,54?,55-,56+,58+,59?,60-,61-,62+,67+,68-,69-,70-/m1/s1. The van der Waals surface area contributed by atoms with Gasteiger partial charge in [-0.1, -0.05) is 112 Å². The Hall–Kier alpha value is -6.78. The maximum atomic E-state index is 15.4. The molecule has 3 fully saturated rings. The number of cyclic esters (lactones) is 1. The zero-order valence-corrected chi connectivity index (χ0v) is 53.4. The first kappa shape index (κ1) is 68.1. The van der Waals surface area contributed by atoms with Gasteiger partial charge in [-0.05, 0) is 123 Å². The van der Waals surface area contributed by atoms with E-state index in [9.17, 15) is 24.6 Å². The van der Waals surface area contributed by atoms with Crippen LogP contribution < -0.4 is 0 Å². The second-order valence-corrected chi connectivity index (χ2v) is 25.0. The van der Waals surface area contributed by atoms with Crippen molar-refractivity contribution in [3.63, 3.8) is 0 Å². The molecule has 89 heavy (non-hydrogen) atoms. The molecule has 0 bridgehead atoms. The molecule has 480 valence electrons. The number of nitrogens with zero attached hydrogens (tertiary/aromatic N) is 3. The van der Waals surface area contributed by atoms with E-state index in [0.717, 1.165) is 10.9 Å². The number of aliphatic hydroxyl groups excluding tert-OH is 1. The Labute approximate surface area is 522 Å². The summed E-state index contributed by atoms with van der Waals surface area (Å²) < 4.78 is 61.5. The van der Waals surface area contributed by atoms with E-state index in [0.29, 0.717) is 23.1 Å². The number of aromatic nitrogens is 1. The number of rotatable bonds is 17. The van der Waals surface area contributed by atoms with Crippen LogP contribution in [0.5, 0.6) is 0 Å². The van der Waals surface area contributed by atoms with Crippen LogP contribution in [-0.2, 0) is 52.3 Å². The molecular formula is C70H89N3O16. The average Bonchev–Trinajstić information content (AvgIpc) is 1.54. The highest BCUT2D eigenvalue weighted by atomic mass is 16.7. The summed E-state index contributed by atoms with van der Waals surface area (Å²) in [6.45, 7) is 21.7. The molecule has 0 spiro atoms. The Kier molecular flexibility index (Phi) is 22.5. The highest BCUT2D eigenvalue weighted by Gasteiger charge is 2.56. The van der Waals surface area contributed by atoms with Crippen LogP contribution in [0.3, 0.4) is 0 Å². The third-order valence-corrected chi connectivity index (χ3v) is 18.1. The Bertz CT molecular complexity index is 3220. The van der Waals surface area contributed by atoms with Gasteiger partial charge < -0.3 is 62.6 Å². The lowest BCUT2D eigenvalue weighted by Gasteiger charge is -2.51. The zero-order valence-electron chi connectivity index (χ0n) is 53.4. The van der Waals surface area contributed by atoms with Crippen molar-refractivity contribution in [1.29, 1.82) is 0 Å². The molecule has 3 aliphatic rings. The molecular weight excluding hydrogens is 1140 g/mol. The molecule has 4 heterocycles. The number of ether oxygens (including phenoxy) is 9. The highest BCUT2D eigenvalue weighted by molar-refractivity contribution is 5.93. The number of para-hydroxylation sites is 1. The van der Waals surface area contributed by atoms with Crippen molar-refractivity contribution >= 4 is 40.5 Å². The highest BCUT2D eigenvalue weighted by Crippen LogP contribution is 2.45. The number of benzene rings is 4. The van der Waals surface area contributed by atoms with Crippen LogP contribution >= 0.6 is 0 Å². The molecule has 8 rings (SSSR count). The second kappa shape index (κ2) is 29.5. The van der Waals surface area contributed by atoms with E-state index < -0.39 is 138 Å². The summed E-state index contributed by atoms with van der Waals surface area (Å²) in [5, 5.41) is 30.6. The molecule has 2 unspecified atom stereocenters. The molecule has 5 aromatic rings. The van der Waals surface area contributed by atoms with Crippen LogP contribution in [0.2, 0.25) is 0 Å². The second-order valence-electron chi connectivity index (χ2n) is 25.0. The molecule has 3 aliphatic heterocycles. The lowest BCUT2D eigenvalue weighted by Crippen LogP contribution is -2.62. The monoisotopic (exact) mass is 1230 g/mol. The number of fused-ring (bicyclic) bond motifs is 1. The van der Waals surface area contributed by atoms with Gasteiger partial charge in [0, 0.05) is 48.4 Å². The SMILES string of the molecule is C=CC(O[C@]1(C)C[C@@H](C)/C(=N/OC(=O)c2ccccc2)[C@H](C)[C@@H](O)[C@](C)(O)[C@@H](CC)OC(=O)[C@H](C)[C@@H](O[C@H]2C[C@@](C)(OC)[C@@H](OC(=O)c3ccccc3)[C@H](C)O2)[C@H](C)[C@H]1O[C@@H]1O[C@H](C)C[C@H](N(C)C)C1OC(=O)c1ccccc1)c1cnc2ccccc2c1. The number of methoxy groups -OCH3 is 1. The van der Waals surface area contributed by atoms with E-state index in [-0.39, 0.29) is 30.5 Å². The number of pyridine rings is 1. The van der Waals surface area contributed by atoms with Crippen molar-refractivity contribution < 1.29 is 76.9 Å². The quantitative estimate of drug-likeness (QED) is 0.0290. The zero-order chi connectivity index (χ0) is 64.5. The van der Waals surface area contributed by atoms with E-state index in [1.807, 2.05) is 77.0 Å². The number of hydrogen-bond acceptors (Lipinski definition) is 19. The van der Waals surface area contributed by atoms with Crippen LogP contribution in [0, 0.1) is 23.7 Å². The van der Waals surface area contributed by atoms with Gasteiger partial charge in [-0.15, -0.1) is 6.58 Å². The summed E-state index contributed by atoms with van der Waals surface area (Å²) >= 11 is 0. The van der Waals surface area contributed by atoms with Gasteiger partial charge in [-0.25, -0.2) is 14.4 Å². The van der Waals surface area contributed by atoms with Gasteiger partial charge in [0.05, 0.1) is 76.0 Å². The molecule has 1 aromatic heterocycles. The molecule has 0 radical (unpaired) electrons. The lowest BCUT2D eigenvalue weighted by atomic mass is 9.73. The Morgan fingerprint density at radius 1 is 0.764 bits per heavy atom. The number of carbonyl (C=O) groups excluding carboxylic acids is 4. The van der Waals surface area contributed by atoms with Crippen molar-refractivity contribution in [2.24, 2.45) is 28.8 Å². The minimum Gasteiger partial charge on any atom is -0.459 e. The van der Waals surface area contributed by atoms with E-state index in [1.165, 1.54) is 14.0 Å². The number of oxime groups is 1. The number of hydrogen-bond donors (Lipinski definition) is 2. The molecule has 3 saturated heterocycles. The van der Waals surface area contributed by atoms with Gasteiger partial charge in [0.2, 0.25) is 0 Å². The van der Waals surface area contributed by atoms with Gasteiger partial charge in [0.1, 0.15) is 23.4 Å². The molecule has 19 heteroatoms. The molecule has 0 amide bonds. The molecule has 4 aromatic carbocycles. The molecule has 0 aliphatic carbocycles. The molecule has 2 N–H and O–H groups in total. The molecule has 0 saturated carbocycles. The van der Waals surface area contributed by atoms with E-state index in [4.69, 9.17) is 52.5 Å². The predicted octanol–water partition coefficient (Wildman–Crippen LogP) is 10.7. The van der Waals surface area contributed by atoms with Gasteiger partial charge in [-0.3, -0.25) is 9.78 Å². The van der Waals surface area contributed by atoms with Gasteiger partial charge in [0.15, 0.2) is 24.8 Å². The fraction of sp³-hybridized carbons (Fsp3) is 0.514. The smallest absolute Gasteiger partial charge is 0.365 e. The molecule has 19 atom stereocenters. The first-order chi connectivity index (χ1) is 42.3. The fourth-order valence-electron chi connectivity index (χ4n) is 13.0. The summed E-state index contributed by atoms with van der Waals surface area (Å²) in [4.78, 5) is 69.9. The van der Waals surface area contributed by atoms with Crippen molar-refractivity contribution in [3.8, 4) is 0 Å². The summed E-state index contributed by atoms with van der Waals surface area (Å²) in [5.74, 6) is -6.92. The Morgan fingerprint density at radius 3 is 1.93 bits per heavy atom. The van der Waals surface area contributed by atoms with Gasteiger partial charge in [-0.2, -0.15) is 0 Å². The first-order valence-electron chi connectivity index (χ1n) is 30.8. The largest absolute Gasteiger partial charge is 0.459 e. The normalized spacial score (nSPS) is 34.0. The first-order valence-corrected chi connectivity index (χ1v) is 30.8. The van der Waals surface area contributed by atoms with Crippen LogP contribution in [0.25, 0.3) is 10.9 Å². The summed E-state index contributed by atoms with van der Waals surface area (Å²) in [7, 11) is 5.29.